The minimum Gasteiger partial charge on any atom is -0.497 e. The first kappa shape index (κ1) is 15.1. The van der Waals surface area contributed by atoms with Crippen molar-refractivity contribution in [2.45, 2.75) is 32.0 Å². The van der Waals surface area contributed by atoms with E-state index >= 15 is 0 Å². The Balaban J connectivity index is 1.85. The van der Waals surface area contributed by atoms with Gasteiger partial charge in [-0.15, -0.1) is 0 Å². The molecule has 0 saturated heterocycles. The normalized spacial score (nSPS) is 31.0. The number of rotatable bonds is 3. The van der Waals surface area contributed by atoms with Crippen LogP contribution in [-0.2, 0) is 14.3 Å². The van der Waals surface area contributed by atoms with Crippen LogP contribution in [0.3, 0.4) is 0 Å². The predicted octanol–water partition coefficient (Wildman–Crippen LogP) is 3.07. The standard InChI is InChI=1S/C18H22O4/c1-11-16(21-3)9-8-14-17(19)15(10-22-18(11)14)12-4-6-13(20-2)7-5-12/h4-7,10-11,14,16,18H,8-9H2,1-3H3. The molecule has 4 nitrogen and oxygen atoms in total. The fraction of sp³-hybridized carbons (Fsp3) is 0.500. The van der Waals surface area contributed by atoms with Gasteiger partial charge in [0.15, 0.2) is 5.78 Å². The van der Waals surface area contributed by atoms with Gasteiger partial charge < -0.3 is 14.2 Å². The van der Waals surface area contributed by atoms with Crippen molar-refractivity contribution >= 4 is 11.4 Å². The molecule has 3 rings (SSSR count). The van der Waals surface area contributed by atoms with Gasteiger partial charge in [-0.3, -0.25) is 4.79 Å². The van der Waals surface area contributed by atoms with E-state index in [-0.39, 0.29) is 29.8 Å². The van der Waals surface area contributed by atoms with Gasteiger partial charge in [0.05, 0.1) is 31.0 Å². The number of benzene rings is 1. The molecule has 4 unspecified atom stereocenters. The Morgan fingerprint density at radius 3 is 2.50 bits per heavy atom. The molecule has 1 aromatic carbocycles. The Bertz CT molecular complexity index is 575. The van der Waals surface area contributed by atoms with Gasteiger partial charge in [0.1, 0.15) is 11.9 Å². The number of carbonyl (C=O) groups excluding carboxylic acids is 1. The average molecular weight is 302 g/mol. The smallest absolute Gasteiger partial charge is 0.173 e. The molecule has 1 aliphatic heterocycles. The van der Waals surface area contributed by atoms with Crippen LogP contribution in [0.15, 0.2) is 30.5 Å². The van der Waals surface area contributed by atoms with Crippen molar-refractivity contribution in [2.24, 2.45) is 11.8 Å². The van der Waals surface area contributed by atoms with E-state index in [2.05, 4.69) is 6.92 Å². The van der Waals surface area contributed by atoms with Gasteiger partial charge in [-0.25, -0.2) is 0 Å². The molecule has 1 aliphatic carbocycles. The summed E-state index contributed by atoms with van der Waals surface area (Å²) >= 11 is 0. The molecule has 0 spiro atoms. The molecule has 1 heterocycles. The lowest BCUT2D eigenvalue weighted by molar-refractivity contribution is -0.133. The molecular formula is C18H22O4. The zero-order valence-corrected chi connectivity index (χ0v) is 13.2. The number of allylic oxidation sites excluding steroid dienone is 1. The van der Waals surface area contributed by atoms with Crippen LogP contribution in [0, 0.1) is 11.8 Å². The number of Topliss-reactive ketones (excluding diaryl/α,β-unsaturated/α-hetero) is 1. The van der Waals surface area contributed by atoms with E-state index < -0.39 is 0 Å². The summed E-state index contributed by atoms with van der Waals surface area (Å²) in [5.41, 5.74) is 1.54. The van der Waals surface area contributed by atoms with Crippen molar-refractivity contribution in [1.82, 2.24) is 0 Å². The van der Waals surface area contributed by atoms with Crippen LogP contribution in [0.1, 0.15) is 25.3 Å². The maximum atomic E-state index is 12.8. The number of hydrogen-bond donors (Lipinski definition) is 0. The number of carbonyl (C=O) groups is 1. The van der Waals surface area contributed by atoms with Crippen LogP contribution in [0.25, 0.3) is 5.57 Å². The highest BCUT2D eigenvalue weighted by atomic mass is 16.5. The van der Waals surface area contributed by atoms with E-state index in [1.807, 2.05) is 24.3 Å². The lowest BCUT2D eigenvalue weighted by atomic mass is 9.73. The van der Waals surface area contributed by atoms with E-state index in [9.17, 15) is 4.79 Å². The second-order valence-corrected chi connectivity index (χ2v) is 6.04. The van der Waals surface area contributed by atoms with E-state index in [4.69, 9.17) is 14.2 Å². The van der Waals surface area contributed by atoms with E-state index in [0.29, 0.717) is 5.57 Å². The number of methoxy groups -OCH3 is 2. The molecule has 0 bridgehead atoms. The molecule has 1 fully saturated rings. The Hall–Kier alpha value is -1.81. The van der Waals surface area contributed by atoms with Crippen LogP contribution in [0.4, 0.5) is 0 Å². The Morgan fingerprint density at radius 2 is 1.86 bits per heavy atom. The molecule has 1 saturated carbocycles. The molecule has 22 heavy (non-hydrogen) atoms. The third-order valence-corrected chi connectivity index (χ3v) is 4.91. The summed E-state index contributed by atoms with van der Waals surface area (Å²) in [4.78, 5) is 12.8. The highest BCUT2D eigenvalue weighted by Crippen LogP contribution is 2.40. The first-order valence-electron chi connectivity index (χ1n) is 7.72. The van der Waals surface area contributed by atoms with Crippen molar-refractivity contribution < 1.29 is 19.0 Å². The maximum absolute atomic E-state index is 12.8. The molecule has 0 amide bonds. The van der Waals surface area contributed by atoms with Crippen LogP contribution < -0.4 is 4.74 Å². The predicted molar refractivity (Wildman–Crippen MR) is 83.5 cm³/mol. The Morgan fingerprint density at radius 1 is 1.14 bits per heavy atom. The van der Waals surface area contributed by atoms with Crippen molar-refractivity contribution in [2.75, 3.05) is 14.2 Å². The number of ketones is 1. The minimum atomic E-state index is -0.0757. The van der Waals surface area contributed by atoms with Crippen molar-refractivity contribution in [1.29, 1.82) is 0 Å². The molecule has 0 aromatic heterocycles. The minimum absolute atomic E-state index is 0.0662. The summed E-state index contributed by atoms with van der Waals surface area (Å²) in [7, 11) is 3.36. The fourth-order valence-corrected chi connectivity index (χ4v) is 3.57. The van der Waals surface area contributed by atoms with Crippen LogP contribution in [-0.4, -0.2) is 32.2 Å². The topological polar surface area (TPSA) is 44.8 Å². The molecular weight excluding hydrogens is 280 g/mol. The van der Waals surface area contributed by atoms with Crippen molar-refractivity contribution in [3.8, 4) is 5.75 Å². The summed E-state index contributed by atoms with van der Waals surface area (Å²) in [5, 5.41) is 0. The Kier molecular flexibility index (Phi) is 4.21. The van der Waals surface area contributed by atoms with Crippen LogP contribution in [0.5, 0.6) is 5.75 Å². The molecule has 118 valence electrons. The quantitative estimate of drug-likeness (QED) is 0.861. The SMILES string of the molecule is COc1ccc(C2=COC3C(CCC(OC)C3C)C2=O)cc1. The van der Waals surface area contributed by atoms with Crippen LogP contribution in [0.2, 0.25) is 0 Å². The first-order valence-corrected chi connectivity index (χ1v) is 7.72. The first-order chi connectivity index (χ1) is 10.7. The molecule has 2 aliphatic rings. The van der Waals surface area contributed by atoms with E-state index in [1.54, 1.807) is 20.5 Å². The number of ether oxygens (including phenoxy) is 3. The summed E-state index contributed by atoms with van der Waals surface area (Å²) in [5.74, 6) is 1.12. The largest absolute Gasteiger partial charge is 0.497 e. The lowest BCUT2D eigenvalue weighted by Crippen LogP contribution is -2.47. The van der Waals surface area contributed by atoms with Gasteiger partial charge >= 0.3 is 0 Å². The second kappa shape index (κ2) is 6.13. The summed E-state index contributed by atoms with van der Waals surface area (Å²) < 4.78 is 16.6. The molecule has 1 aromatic rings. The number of hydrogen-bond acceptors (Lipinski definition) is 4. The zero-order chi connectivity index (χ0) is 15.7. The summed E-state index contributed by atoms with van der Waals surface area (Å²) in [6.07, 6.45) is 3.45. The molecule has 0 N–H and O–H groups in total. The summed E-state index contributed by atoms with van der Waals surface area (Å²) in [6.45, 7) is 2.10. The molecule has 4 heteroatoms. The zero-order valence-electron chi connectivity index (χ0n) is 13.2. The number of fused-ring (bicyclic) bond motifs is 1. The monoisotopic (exact) mass is 302 g/mol. The van der Waals surface area contributed by atoms with Gasteiger partial charge in [0, 0.05) is 13.0 Å². The molecule has 4 atom stereocenters. The fourth-order valence-electron chi connectivity index (χ4n) is 3.57. The van der Waals surface area contributed by atoms with Gasteiger partial charge in [0.25, 0.3) is 0 Å². The Labute approximate surface area is 131 Å². The molecule has 0 radical (unpaired) electrons. The van der Waals surface area contributed by atoms with Gasteiger partial charge in [-0.1, -0.05) is 19.1 Å². The van der Waals surface area contributed by atoms with Gasteiger partial charge in [-0.05, 0) is 30.5 Å². The highest BCUT2D eigenvalue weighted by molar-refractivity contribution is 6.22. The second-order valence-electron chi connectivity index (χ2n) is 6.04. The van der Waals surface area contributed by atoms with E-state index in [0.717, 1.165) is 24.2 Å². The van der Waals surface area contributed by atoms with Gasteiger partial charge in [-0.2, -0.15) is 0 Å². The van der Waals surface area contributed by atoms with Crippen molar-refractivity contribution in [3.63, 3.8) is 0 Å². The van der Waals surface area contributed by atoms with E-state index in [1.165, 1.54) is 0 Å². The average Bonchev–Trinajstić information content (AvgIpc) is 2.56. The third kappa shape index (κ3) is 2.52. The lowest BCUT2D eigenvalue weighted by Gasteiger charge is -2.41. The van der Waals surface area contributed by atoms with Crippen molar-refractivity contribution in [3.05, 3.63) is 36.1 Å². The third-order valence-electron chi connectivity index (χ3n) is 4.91. The highest BCUT2D eigenvalue weighted by Gasteiger charge is 2.44. The van der Waals surface area contributed by atoms with Gasteiger partial charge in [0.2, 0.25) is 0 Å². The maximum Gasteiger partial charge on any atom is 0.173 e. The van der Waals surface area contributed by atoms with Crippen LogP contribution >= 0.6 is 0 Å². The summed E-state index contributed by atoms with van der Waals surface area (Å²) in [6, 6.07) is 7.52.